The molecule has 2 aromatic rings. The van der Waals surface area contributed by atoms with E-state index in [-0.39, 0.29) is 0 Å². The lowest BCUT2D eigenvalue weighted by Gasteiger charge is -2.26. The van der Waals surface area contributed by atoms with Crippen LogP contribution in [0.25, 0.3) is 0 Å². The molecule has 1 unspecified atom stereocenters. The number of halogens is 1. The second kappa shape index (κ2) is 4.53. The van der Waals surface area contributed by atoms with Crippen LogP contribution >= 0.6 is 11.6 Å². The van der Waals surface area contributed by atoms with Crippen LogP contribution in [0.5, 0.6) is 5.75 Å². The Balaban J connectivity index is 2.22. The van der Waals surface area contributed by atoms with Crippen molar-refractivity contribution in [3.05, 3.63) is 64.2 Å². The van der Waals surface area contributed by atoms with E-state index in [0.717, 1.165) is 5.56 Å². The van der Waals surface area contributed by atoms with Crippen molar-refractivity contribution in [3.8, 4) is 5.75 Å². The molecule has 0 aromatic heterocycles. The Morgan fingerprint density at radius 2 is 2.00 bits per heavy atom. The summed E-state index contributed by atoms with van der Waals surface area (Å²) in [5.74, 6) is -0.988. The normalized spacial score (nSPS) is 21.2. The highest BCUT2D eigenvalue weighted by Crippen LogP contribution is 2.45. The number of methoxy groups -OCH3 is 1. The highest BCUT2D eigenvalue weighted by atomic mass is 35.5. The molecule has 0 saturated heterocycles. The summed E-state index contributed by atoms with van der Waals surface area (Å²) in [5, 5.41) is 11.4. The first kappa shape index (κ1) is 12.5. The van der Waals surface area contributed by atoms with Crippen LogP contribution in [0.15, 0.2) is 42.5 Å². The molecule has 1 atom stereocenters. The van der Waals surface area contributed by atoms with Crippen LogP contribution in [0, 0.1) is 0 Å². The minimum absolute atomic E-state index is 0.324. The molecule has 0 fully saturated rings. The molecule has 3 rings (SSSR count). The van der Waals surface area contributed by atoms with Crippen molar-refractivity contribution in [3.63, 3.8) is 0 Å². The third kappa shape index (κ3) is 1.82. The molecule has 0 aliphatic carbocycles. The Morgan fingerprint density at radius 1 is 1.21 bits per heavy atom. The topological polar surface area (TPSA) is 38.7 Å². The van der Waals surface area contributed by atoms with E-state index in [4.69, 9.17) is 21.1 Å². The summed E-state index contributed by atoms with van der Waals surface area (Å²) in [6, 6.07) is 12.7. The third-order valence-corrected chi connectivity index (χ3v) is 3.66. The van der Waals surface area contributed by atoms with Gasteiger partial charge in [0, 0.05) is 10.6 Å². The summed E-state index contributed by atoms with van der Waals surface area (Å²) in [7, 11) is 1.56. The van der Waals surface area contributed by atoms with Gasteiger partial charge < -0.3 is 14.6 Å². The van der Waals surface area contributed by atoms with Crippen molar-refractivity contribution in [1.82, 2.24) is 0 Å². The number of para-hydroxylation sites is 1. The van der Waals surface area contributed by atoms with E-state index in [0.29, 0.717) is 28.5 Å². The van der Waals surface area contributed by atoms with Gasteiger partial charge in [0.15, 0.2) is 0 Å². The average Bonchev–Trinajstić information content (AvgIpc) is 2.79. The molecule has 0 spiro atoms. The second-order valence-electron chi connectivity index (χ2n) is 4.41. The molecule has 0 saturated carbocycles. The number of hydrogen-bond donors (Lipinski definition) is 1. The maximum atomic E-state index is 10.9. The van der Waals surface area contributed by atoms with E-state index in [1.807, 2.05) is 24.3 Å². The summed E-state index contributed by atoms with van der Waals surface area (Å²) < 4.78 is 10.9. The number of fused-ring (bicyclic) bond motifs is 1. The molecule has 1 aliphatic heterocycles. The van der Waals surface area contributed by atoms with Crippen LogP contribution < -0.4 is 4.74 Å². The highest BCUT2D eigenvalue weighted by molar-refractivity contribution is 6.31. The van der Waals surface area contributed by atoms with Gasteiger partial charge in [-0.25, -0.2) is 0 Å². The van der Waals surface area contributed by atoms with E-state index in [9.17, 15) is 5.11 Å². The van der Waals surface area contributed by atoms with Crippen molar-refractivity contribution < 1.29 is 14.6 Å². The predicted molar refractivity (Wildman–Crippen MR) is 72.2 cm³/mol. The molecule has 3 nitrogen and oxygen atoms in total. The standard InChI is InChI=1S/C15H13ClO3/c1-18-13-8-3-2-6-11(13)15(17)14-10(9-19-15)5-4-7-12(14)16/h2-8,17H,9H2,1H3. The molecule has 0 amide bonds. The number of aliphatic hydroxyl groups is 1. The van der Waals surface area contributed by atoms with Crippen LogP contribution in [0.2, 0.25) is 5.02 Å². The van der Waals surface area contributed by atoms with Crippen LogP contribution in [0.1, 0.15) is 16.7 Å². The number of hydrogen-bond acceptors (Lipinski definition) is 3. The Morgan fingerprint density at radius 3 is 2.79 bits per heavy atom. The van der Waals surface area contributed by atoms with E-state index in [1.54, 1.807) is 25.3 Å². The van der Waals surface area contributed by atoms with Gasteiger partial charge in [-0.15, -0.1) is 0 Å². The van der Waals surface area contributed by atoms with Gasteiger partial charge in [-0.3, -0.25) is 0 Å². The van der Waals surface area contributed by atoms with Crippen molar-refractivity contribution in [2.75, 3.05) is 7.11 Å². The number of ether oxygens (including phenoxy) is 2. The first-order valence-corrected chi connectivity index (χ1v) is 6.32. The lowest BCUT2D eigenvalue weighted by molar-refractivity contribution is -0.171. The van der Waals surface area contributed by atoms with Gasteiger partial charge in [0.2, 0.25) is 5.79 Å². The minimum Gasteiger partial charge on any atom is -0.496 e. The van der Waals surface area contributed by atoms with Crippen LogP contribution in [-0.4, -0.2) is 12.2 Å². The second-order valence-corrected chi connectivity index (χ2v) is 4.81. The molecule has 19 heavy (non-hydrogen) atoms. The molecule has 0 bridgehead atoms. The molecule has 2 aromatic carbocycles. The summed E-state index contributed by atoms with van der Waals surface area (Å²) in [6.07, 6.45) is 0. The number of benzene rings is 2. The highest BCUT2D eigenvalue weighted by Gasteiger charge is 2.43. The number of rotatable bonds is 2. The fourth-order valence-electron chi connectivity index (χ4n) is 2.46. The smallest absolute Gasteiger partial charge is 0.225 e. The Hall–Kier alpha value is -1.55. The van der Waals surface area contributed by atoms with Crippen LogP contribution in [0.4, 0.5) is 0 Å². The summed E-state index contributed by atoms with van der Waals surface area (Å²) in [4.78, 5) is 0. The fraction of sp³-hybridized carbons (Fsp3) is 0.200. The lowest BCUT2D eigenvalue weighted by Crippen LogP contribution is -2.27. The molecular weight excluding hydrogens is 264 g/mol. The molecule has 98 valence electrons. The van der Waals surface area contributed by atoms with E-state index in [2.05, 4.69) is 0 Å². The molecule has 0 radical (unpaired) electrons. The summed E-state index contributed by atoms with van der Waals surface area (Å²) >= 11 is 6.22. The zero-order valence-electron chi connectivity index (χ0n) is 10.4. The molecule has 1 aliphatic rings. The average molecular weight is 277 g/mol. The van der Waals surface area contributed by atoms with Crippen molar-refractivity contribution in [2.24, 2.45) is 0 Å². The van der Waals surface area contributed by atoms with Gasteiger partial charge in [-0.2, -0.15) is 0 Å². The van der Waals surface area contributed by atoms with E-state index in [1.165, 1.54) is 0 Å². The van der Waals surface area contributed by atoms with Gasteiger partial charge >= 0.3 is 0 Å². The Labute approximate surface area is 116 Å². The minimum atomic E-state index is -1.56. The fourth-order valence-corrected chi connectivity index (χ4v) is 2.78. The van der Waals surface area contributed by atoms with Crippen molar-refractivity contribution >= 4 is 11.6 Å². The van der Waals surface area contributed by atoms with Gasteiger partial charge in [-0.05, 0) is 23.8 Å². The van der Waals surface area contributed by atoms with Crippen molar-refractivity contribution in [1.29, 1.82) is 0 Å². The third-order valence-electron chi connectivity index (χ3n) is 3.35. The van der Waals surface area contributed by atoms with Crippen LogP contribution in [-0.2, 0) is 17.1 Å². The maximum absolute atomic E-state index is 10.9. The van der Waals surface area contributed by atoms with E-state index < -0.39 is 5.79 Å². The quantitative estimate of drug-likeness (QED) is 0.916. The molecule has 1 heterocycles. The first-order valence-electron chi connectivity index (χ1n) is 5.94. The van der Waals surface area contributed by atoms with Crippen molar-refractivity contribution in [2.45, 2.75) is 12.4 Å². The summed E-state index contributed by atoms with van der Waals surface area (Å²) in [6.45, 7) is 0.324. The monoisotopic (exact) mass is 276 g/mol. The SMILES string of the molecule is COc1ccccc1C1(O)OCc2cccc(Cl)c21. The summed E-state index contributed by atoms with van der Waals surface area (Å²) in [5.41, 5.74) is 2.05. The maximum Gasteiger partial charge on any atom is 0.225 e. The molecule has 4 heteroatoms. The van der Waals surface area contributed by atoms with E-state index >= 15 is 0 Å². The van der Waals surface area contributed by atoms with Crippen LogP contribution in [0.3, 0.4) is 0 Å². The Kier molecular flexibility index (Phi) is 2.97. The van der Waals surface area contributed by atoms with Gasteiger partial charge in [0.05, 0.1) is 19.3 Å². The van der Waals surface area contributed by atoms with Gasteiger partial charge in [0.1, 0.15) is 5.75 Å². The molecule has 1 N–H and O–H groups in total. The predicted octanol–water partition coefficient (Wildman–Crippen LogP) is 3.07. The largest absolute Gasteiger partial charge is 0.496 e. The lowest BCUT2D eigenvalue weighted by atomic mass is 9.95. The zero-order valence-corrected chi connectivity index (χ0v) is 11.1. The Bertz CT molecular complexity index is 627. The zero-order chi connectivity index (χ0) is 13.5. The van der Waals surface area contributed by atoms with Gasteiger partial charge in [0.25, 0.3) is 0 Å². The molecular formula is C15H13ClO3. The first-order chi connectivity index (χ1) is 9.16. The van der Waals surface area contributed by atoms with Gasteiger partial charge in [-0.1, -0.05) is 35.9 Å².